The van der Waals surface area contributed by atoms with Gasteiger partial charge in [-0.2, -0.15) is 0 Å². The van der Waals surface area contributed by atoms with Crippen LogP contribution >= 0.6 is 11.8 Å². The summed E-state index contributed by atoms with van der Waals surface area (Å²) >= 11 is 1.35. The lowest BCUT2D eigenvalue weighted by molar-refractivity contribution is -0.135. The Morgan fingerprint density at radius 3 is 3.06 bits per heavy atom. The molecule has 1 heterocycles. The SMILES string of the molecule is CC1CN(C(=O)CSCC(O)CO)CCO1. The number of nitrogens with zero attached hydrogens (tertiary/aromatic N) is 1. The predicted molar refractivity (Wildman–Crippen MR) is 62.4 cm³/mol. The topological polar surface area (TPSA) is 70.0 Å². The summed E-state index contributed by atoms with van der Waals surface area (Å²) < 4.78 is 5.34. The summed E-state index contributed by atoms with van der Waals surface area (Å²) in [5.74, 6) is 0.816. The minimum Gasteiger partial charge on any atom is -0.394 e. The molecule has 1 aliphatic heterocycles. The van der Waals surface area contributed by atoms with E-state index in [1.807, 2.05) is 6.92 Å². The van der Waals surface area contributed by atoms with Gasteiger partial charge in [-0.25, -0.2) is 0 Å². The molecular weight excluding hydrogens is 230 g/mol. The minimum atomic E-state index is -0.735. The van der Waals surface area contributed by atoms with Gasteiger partial charge in [0.2, 0.25) is 5.91 Å². The van der Waals surface area contributed by atoms with E-state index in [0.29, 0.717) is 31.2 Å². The van der Waals surface area contributed by atoms with Crippen molar-refractivity contribution in [3.63, 3.8) is 0 Å². The van der Waals surface area contributed by atoms with Crippen molar-refractivity contribution >= 4 is 17.7 Å². The molecule has 1 fully saturated rings. The first-order chi connectivity index (χ1) is 7.63. The van der Waals surface area contributed by atoms with Gasteiger partial charge in [0.1, 0.15) is 0 Å². The largest absolute Gasteiger partial charge is 0.394 e. The second-order valence-electron chi connectivity index (χ2n) is 3.87. The van der Waals surface area contributed by atoms with Crippen molar-refractivity contribution in [2.75, 3.05) is 37.8 Å². The van der Waals surface area contributed by atoms with Crippen molar-refractivity contribution < 1.29 is 19.7 Å². The lowest BCUT2D eigenvalue weighted by atomic mass is 10.3. The highest BCUT2D eigenvalue weighted by Crippen LogP contribution is 2.09. The van der Waals surface area contributed by atoms with Gasteiger partial charge in [0, 0.05) is 18.8 Å². The summed E-state index contributed by atoms with van der Waals surface area (Å²) in [6, 6.07) is 0. The summed E-state index contributed by atoms with van der Waals surface area (Å²) in [6.07, 6.45) is -0.632. The molecule has 2 N–H and O–H groups in total. The van der Waals surface area contributed by atoms with Crippen molar-refractivity contribution in [1.82, 2.24) is 4.90 Å². The van der Waals surface area contributed by atoms with Gasteiger partial charge in [0.15, 0.2) is 0 Å². The Labute approximate surface area is 99.8 Å². The van der Waals surface area contributed by atoms with Gasteiger partial charge < -0.3 is 19.8 Å². The Morgan fingerprint density at radius 1 is 1.69 bits per heavy atom. The zero-order valence-corrected chi connectivity index (χ0v) is 10.3. The summed E-state index contributed by atoms with van der Waals surface area (Å²) in [5.41, 5.74) is 0. The number of hydrogen-bond acceptors (Lipinski definition) is 5. The van der Waals surface area contributed by atoms with E-state index in [4.69, 9.17) is 14.9 Å². The van der Waals surface area contributed by atoms with Crippen molar-refractivity contribution in [1.29, 1.82) is 0 Å². The van der Waals surface area contributed by atoms with Crippen molar-refractivity contribution in [2.45, 2.75) is 19.1 Å². The maximum Gasteiger partial charge on any atom is 0.232 e. The van der Waals surface area contributed by atoms with E-state index in [-0.39, 0.29) is 18.6 Å². The van der Waals surface area contributed by atoms with Gasteiger partial charge >= 0.3 is 0 Å². The van der Waals surface area contributed by atoms with Gasteiger partial charge in [-0.05, 0) is 6.92 Å². The van der Waals surface area contributed by atoms with Crippen LogP contribution in [-0.4, -0.2) is 71.0 Å². The molecule has 0 aliphatic carbocycles. The van der Waals surface area contributed by atoms with Crippen LogP contribution in [-0.2, 0) is 9.53 Å². The maximum absolute atomic E-state index is 11.7. The molecule has 2 unspecified atom stereocenters. The fourth-order valence-corrected chi connectivity index (χ4v) is 2.32. The molecule has 6 heteroatoms. The van der Waals surface area contributed by atoms with Gasteiger partial charge in [-0.1, -0.05) is 0 Å². The number of aliphatic hydroxyl groups excluding tert-OH is 2. The predicted octanol–water partition coefficient (Wildman–Crippen LogP) is -0.680. The highest BCUT2D eigenvalue weighted by atomic mass is 32.2. The Bertz CT molecular complexity index is 227. The average molecular weight is 249 g/mol. The molecule has 1 rings (SSSR count). The number of rotatable bonds is 5. The number of carbonyl (C=O) groups excluding carboxylic acids is 1. The molecule has 0 radical (unpaired) electrons. The zero-order chi connectivity index (χ0) is 12.0. The molecule has 0 aromatic rings. The van der Waals surface area contributed by atoms with Crippen LogP contribution < -0.4 is 0 Å². The summed E-state index contributed by atoms with van der Waals surface area (Å²) in [6.45, 7) is 3.57. The number of hydrogen-bond donors (Lipinski definition) is 2. The zero-order valence-electron chi connectivity index (χ0n) is 9.46. The quantitative estimate of drug-likeness (QED) is 0.675. The Hall–Kier alpha value is -0.300. The molecule has 0 aromatic heterocycles. The van der Waals surface area contributed by atoms with E-state index in [2.05, 4.69) is 0 Å². The number of thioether (sulfide) groups is 1. The van der Waals surface area contributed by atoms with Crippen LogP contribution in [0.15, 0.2) is 0 Å². The number of aliphatic hydroxyl groups is 2. The smallest absolute Gasteiger partial charge is 0.232 e. The van der Waals surface area contributed by atoms with Crippen LogP contribution in [0, 0.1) is 0 Å². The van der Waals surface area contributed by atoms with Gasteiger partial charge in [-0.15, -0.1) is 11.8 Å². The summed E-state index contributed by atoms with van der Waals surface area (Å²) in [7, 11) is 0. The highest BCUT2D eigenvalue weighted by Gasteiger charge is 2.21. The van der Waals surface area contributed by atoms with Crippen molar-refractivity contribution in [3.05, 3.63) is 0 Å². The van der Waals surface area contributed by atoms with Crippen LogP contribution in [0.3, 0.4) is 0 Å². The molecular formula is C10H19NO4S. The Balaban J connectivity index is 2.19. The van der Waals surface area contributed by atoms with E-state index in [1.54, 1.807) is 4.90 Å². The van der Waals surface area contributed by atoms with Gasteiger partial charge in [0.25, 0.3) is 0 Å². The number of carbonyl (C=O) groups is 1. The first-order valence-corrected chi connectivity index (χ1v) is 6.55. The number of ether oxygens (including phenoxy) is 1. The van der Waals surface area contributed by atoms with Crippen LogP contribution in [0.25, 0.3) is 0 Å². The normalized spacial score (nSPS) is 23.2. The van der Waals surface area contributed by atoms with Crippen LogP contribution in [0.4, 0.5) is 0 Å². The second-order valence-corrected chi connectivity index (χ2v) is 4.90. The van der Waals surface area contributed by atoms with Gasteiger partial charge in [-0.3, -0.25) is 4.79 Å². The summed E-state index contributed by atoms with van der Waals surface area (Å²) in [5, 5.41) is 17.7. The minimum absolute atomic E-state index is 0.0743. The van der Waals surface area contributed by atoms with E-state index in [9.17, 15) is 4.79 Å². The first kappa shape index (κ1) is 13.8. The molecule has 1 saturated heterocycles. The molecule has 16 heavy (non-hydrogen) atoms. The summed E-state index contributed by atoms with van der Waals surface area (Å²) in [4.78, 5) is 13.5. The molecule has 94 valence electrons. The van der Waals surface area contributed by atoms with E-state index in [0.717, 1.165) is 0 Å². The Morgan fingerprint density at radius 2 is 2.44 bits per heavy atom. The third-order valence-corrected chi connectivity index (χ3v) is 3.41. The van der Waals surface area contributed by atoms with Crippen molar-refractivity contribution in [2.24, 2.45) is 0 Å². The lowest BCUT2D eigenvalue weighted by Crippen LogP contribution is -2.45. The first-order valence-electron chi connectivity index (χ1n) is 5.39. The molecule has 0 spiro atoms. The maximum atomic E-state index is 11.7. The van der Waals surface area contributed by atoms with Crippen LogP contribution in [0.1, 0.15) is 6.92 Å². The molecule has 0 saturated carbocycles. The lowest BCUT2D eigenvalue weighted by Gasteiger charge is -2.31. The van der Waals surface area contributed by atoms with Crippen molar-refractivity contribution in [3.8, 4) is 0 Å². The van der Waals surface area contributed by atoms with E-state index >= 15 is 0 Å². The number of amides is 1. The van der Waals surface area contributed by atoms with Crippen LogP contribution in [0.5, 0.6) is 0 Å². The fraction of sp³-hybridized carbons (Fsp3) is 0.900. The van der Waals surface area contributed by atoms with Crippen LogP contribution in [0.2, 0.25) is 0 Å². The highest BCUT2D eigenvalue weighted by molar-refractivity contribution is 7.99. The van der Waals surface area contributed by atoms with Gasteiger partial charge in [0.05, 0.1) is 31.2 Å². The van der Waals surface area contributed by atoms with E-state index in [1.165, 1.54) is 11.8 Å². The standard InChI is InChI=1S/C10H19NO4S/c1-8-4-11(2-3-15-8)10(14)7-16-6-9(13)5-12/h8-9,12-13H,2-7H2,1H3. The Kier molecular flexibility index (Phi) is 6.12. The average Bonchev–Trinajstić information content (AvgIpc) is 2.28. The molecule has 1 aliphatic rings. The molecule has 0 aromatic carbocycles. The molecule has 0 bridgehead atoms. The number of morpholine rings is 1. The monoisotopic (exact) mass is 249 g/mol. The van der Waals surface area contributed by atoms with E-state index < -0.39 is 6.10 Å². The second kappa shape index (κ2) is 7.11. The third-order valence-electron chi connectivity index (χ3n) is 2.34. The molecule has 5 nitrogen and oxygen atoms in total. The third kappa shape index (κ3) is 4.69. The molecule has 2 atom stereocenters. The molecule has 1 amide bonds. The fourth-order valence-electron chi connectivity index (χ4n) is 1.47.